The van der Waals surface area contributed by atoms with Gasteiger partial charge in [0, 0.05) is 69.1 Å². The van der Waals surface area contributed by atoms with Crippen molar-refractivity contribution in [3.05, 3.63) is 45.9 Å². The lowest BCUT2D eigenvalue weighted by atomic mass is 9.95. The highest BCUT2D eigenvalue weighted by molar-refractivity contribution is 5.93. The van der Waals surface area contributed by atoms with E-state index in [1.54, 1.807) is 6.20 Å². The average Bonchev–Trinajstić information content (AvgIpc) is 3.48. The van der Waals surface area contributed by atoms with Gasteiger partial charge >= 0.3 is 12.1 Å². The van der Waals surface area contributed by atoms with Crippen LogP contribution >= 0.6 is 0 Å². The first-order valence-corrected chi connectivity index (χ1v) is 11.9. The zero-order valence-corrected chi connectivity index (χ0v) is 19.9. The molecular formula is C23H29F3N6O4. The van der Waals surface area contributed by atoms with Gasteiger partial charge in [0.25, 0.3) is 11.5 Å². The minimum atomic E-state index is -5.08. The third-order valence-electron chi connectivity index (χ3n) is 6.90. The van der Waals surface area contributed by atoms with Crippen molar-refractivity contribution in [3.63, 3.8) is 0 Å². The molecule has 2 aromatic heterocycles. The second-order valence-electron chi connectivity index (χ2n) is 9.66. The highest BCUT2D eigenvalue weighted by Crippen LogP contribution is 2.38. The molecule has 196 valence electrons. The molecule has 10 nitrogen and oxygen atoms in total. The van der Waals surface area contributed by atoms with Crippen molar-refractivity contribution in [1.82, 2.24) is 29.5 Å². The fourth-order valence-corrected chi connectivity index (χ4v) is 5.25. The van der Waals surface area contributed by atoms with Crippen molar-refractivity contribution in [2.24, 2.45) is 13.0 Å². The number of halogens is 3. The number of aryl methyl sites for hydroxylation is 1. The Morgan fingerprint density at radius 1 is 1.14 bits per heavy atom. The molecule has 4 heterocycles. The maximum absolute atomic E-state index is 12.7. The molecule has 1 aliphatic carbocycles. The molecule has 0 bridgehead atoms. The number of nitrogens with one attached hydrogen (secondary N) is 1. The van der Waals surface area contributed by atoms with Crippen LogP contribution in [0.15, 0.2) is 23.4 Å². The summed E-state index contributed by atoms with van der Waals surface area (Å²) in [6.07, 6.45) is 6.13. The number of hydrogen-bond acceptors (Lipinski definition) is 6. The van der Waals surface area contributed by atoms with Crippen LogP contribution in [0.4, 0.5) is 13.2 Å². The molecule has 13 heteroatoms. The van der Waals surface area contributed by atoms with Crippen LogP contribution < -0.4 is 10.9 Å². The van der Waals surface area contributed by atoms with Crippen LogP contribution in [0.2, 0.25) is 0 Å². The standard InChI is InChI=1S/C21H28N6O2.C2HF3O2/c1-25-8-14(7-22-25)9-26-10-15-11-27-13-18(21(29)24-19(27)17(15)12-26)20(28)23-16-5-3-2-4-6-16;3-2(4,5)1(6)7/h7-8,13,15-17H,2-6,9-12H2,1H3,(H,23,28);(H,6,7). The number of amides is 1. The number of nitrogens with zero attached hydrogens (tertiary/aromatic N) is 5. The lowest BCUT2D eigenvalue weighted by molar-refractivity contribution is -0.192. The normalized spacial score (nSPS) is 21.9. The number of carboxylic acid groups (broad SMARTS) is 1. The maximum Gasteiger partial charge on any atom is 0.490 e. The van der Waals surface area contributed by atoms with Crippen LogP contribution in [-0.4, -0.2) is 66.5 Å². The number of aliphatic carboxylic acids is 1. The van der Waals surface area contributed by atoms with Gasteiger partial charge in [0.15, 0.2) is 0 Å². The second kappa shape index (κ2) is 10.4. The predicted octanol–water partition coefficient (Wildman–Crippen LogP) is 1.90. The molecule has 36 heavy (non-hydrogen) atoms. The number of carbonyl (C=O) groups excluding carboxylic acids is 1. The fourth-order valence-electron chi connectivity index (χ4n) is 5.25. The van der Waals surface area contributed by atoms with Gasteiger partial charge in [-0.2, -0.15) is 23.3 Å². The van der Waals surface area contributed by atoms with E-state index >= 15 is 0 Å². The summed E-state index contributed by atoms with van der Waals surface area (Å²) in [6, 6.07) is 0.189. The minimum Gasteiger partial charge on any atom is -0.475 e. The van der Waals surface area contributed by atoms with Gasteiger partial charge in [-0.25, -0.2) is 4.79 Å². The van der Waals surface area contributed by atoms with Crippen molar-refractivity contribution in [2.45, 2.75) is 63.3 Å². The lowest BCUT2D eigenvalue weighted by Crippen LogP contribution is -2.39. The van der Waals surface area contributed by atoms with E-state index in [4.69, 9.17) is 9.90 Å². The number of aromatic nitrogens is 4. The summed E-state index contributed by atoms with van der Waals surface area (Å²) in [7, 11) is 1.93. The van der Waals surface area contributed by atoms with Crippen LogP contribution in [0.3, 0.4) is 0 Å². The van der Waals surface area contributed by atoms with Crippen LogP contribution in [-0.2, 0) is 24.9 Å². The lowest BCUT2D eigenvalue weighted by Gasteiger charge is -2.22. The molecule has 0 spiro atoms. The zero-order valence-electron chi connectivity index (χ0n) is 19.9. The molecule has 0 aromatic carbocycles. The number of carboxylic acids is 1. The smallest absolute Gasteiger partial charge is 0.475 e. The van der Waals surface area contributed by atoms with E-state index in [2.05, 4.69) is 20.3 Å². The van der Waals surface area contributed by atoms with Crippen molar-refractivity contribution in [3.8, 4) is 0 Å². The van der Waals surface area contributed by atoms with E-state index in [9.17, 15) is 22.8 Å². The Balaban J connectivity index is 0.000000384. The number of fused-ring (bicyclic) bond motifs is 3. The predicted molar refractivity (Wildman–Crippen MR) is 121 cm³/mol. The van der Waals surface area contributed by atoms with Crippen molar-refractivity contribution in [1.29, 1.82) is 0 Å². The van der Waals surface area contributed by atoms with Crippen LogP contribution in [0, 0.1) is 5.92 Å². The SMILES string of the molecule is Cn1cc(CN2CC3Cn4cc(C(=O)NC5CCCCC5)c(=O)nc4C3C2)cn1.O=C(O)C(F)(F)F. The van der Waals surface area contributed by atoms with E-state index < -0.39 is 17.7 Å². The Hall–Kier alpha value is -3.22. The van der Waals surface area contributed by atoms with E-state index in [1.165, 1.54) is 12.0 Å². The minimum absolute atomic E-state index is 0.187. The van der Waals surface area contributed by atoms with Crippen molar-refractivity contribution in [2.75, 3.05) is 13.1 Å². The van der Waals surface area contributed by atoms with Crippen LogP contribution in [0.1, 0.15) is 59.8 Å². The number of hydrogen-bond donors (Lipinski definition) is 2. The maximum atomic E-state index is 12.7. The number of likely N-dealkylation sites (tertiary alicyclic amines) is 1. The number of alkyl halides is 3. The first-order valence-electron chi connectivity index (χ1n) is 11.9. The molecular weight excluding hydrogens is 481 g/mol. The molecule has 1 amide bonds. The van der Waals surface area contributed by atoms with Gasteiger partial charge in [0.05, 0.1) is 6.20 Å². The number of carbonyl (C=O) groups is 2. The summed E-state index contributed by atoms with van der Waals surface area (Å²) >= 11 is 0. The van der Waals surface area contributed by atoms with Gasteiger partial charge in [0.1, 0.15) is 11.4 Å². The topological polar surface area (TPSA) is 122 Å². The van der Waals surface area contributed by atoms with Gasteiger partial charge in [-0.15, -0.1) is 0 Å². The fraction of sp³-hybridized carbons (Fsp3) is 0.609. The molecule has 1 saturated heterocycles. The summed E-state index contributed by atoms with van der Waals surface area (Å²) < 4.78 is 35.6. The molecule has 2 aromatic rings. The van der Waals surface area contributed by atoms with Crippen molar-refractivity contribution < 1.29 is 27.9 Å². The third-order valence-corrected chi connectivity index (χ3v) is 6.90. The monoisotopic (exact) mass is 510 g/mol. The molecule has 2 aliphatic heterocycles. The first kappa shape index (κ1) is 25.9. The van der Waals surface area contributed by atoms with E-state index in [1.807, 2.05) is 28.7 Å². The van der Waals surface area contributed by atoms with E-state index in [0.717, 1.165) is 57.7 Å². The highest BCUT2D eigenvalue weighted by atomic mass is 19.4. The van der Waals surface area contributed by atoms with E-state index in [0.29, 0.717) is 5.92 Å². The Labute approximate surface area is 205 Å². The zero-order chi connectivity index (χ0) is 26.0. The van der Waals surface area contributed by atoms with Gasteiger partial charge in [0.2, 0.25) is 0 Å². The molecule has 2 unspecified atom stereocenters. The van der Waals surface area contributed by atoms with Gasteiger partial charge in [-0.3, -0.25) is 19.2 Å². The first-order chi connectivity index (χ1) is 17.0. The summed E-state index contributed by atoms with van der Waals surface area (Å²) in [5.74, 6) is -1.49. The van der Waals surface area contributed by atoms with Crippen molar-refractivity contribution >= 4 is 11.9 Å². The molecule has 3 aliphatic rings. The molecule has 5 rings (SSSR count). The Morgan fingerprint density at radius 2 is 1.83 bits per heavy atom. The highest BCUT2D eigenvalue weighted by Gasteiger charge is 2.41. The number of rotatable bonds is 4. The average molecular weight is 511 g/mol. The summed E-state index contributed by atoms with van der Waals surface area (Å²) in [6.45, 7) is 3.55. The Bertz CT molecular complexity index is 1170. The second-order valence-corrected chi connectivity index (χ2v) is 9.66. The van der Waals surface area contributed by atoms with Gasteiger partial charge in [-0.1, -0.05) is 19.3 Å². The Kier molecular flexibility index (Phi) is 7.48. The molecule has 2 N–H and O–H groups in total. The molecule has 1 saturated carbocycles. The summed E-state index contributed by atoms with van der Waals surface area (Å²) in [5.41, 5.74) is 0.995. The van der Waals surface area contributed by atoms with Crippen LogP contribution in [0.25, 0.3) is 0 Å². The molecule has 2 atom stereocenters. The largest absolute Gasteiger partial charge is 0.490 e. The van der Waals surface area contributed by atoms with Gasteiger partial charge < -0.3 is 15.0 Å². The molecule has 0 radical (unpaired) electrons. The quantitative estimate of drug-likeness (QED) is 0.644. The summed E-state index contributed by atoms with van der Waals surface area (Å²) in [4.78, 5) is 40.9. The van der Waals surface area contributed by atoms with Gasteiger partial charge in [-0.05, 0) is 12.8 Å². The molecule has 2 fully saturated rings. The Morgan fingerprint density at radius 3 is 2.44 bits per heavy atom. The third kappa shape index (κ3) is 5.94. The van der Waals surface area contributed by atoms with E-state index in [-0.39, 0.29) is 23.4 Å². The summed E-state index contributed by atoms with van der Waals surface area (Å²) in [5, 5.41) is 14.4. The van der Waals surface area contributed by atoms with Crippen LogP contribution in [0.5, 0.6) is 0 Å².